The third-order valence-electron chi connectivity index (χ3n) is 4.05. The molecule has 1 aliphatic carbocycles. The number of nitrogens with zero attached hydrogens (tertiary/aromatic N) is 1. The quantitative estimate of drug-likeness (QED) is 0.737. The molecule has 1 saturated carbocycles. The van der Waals surface area contributed by atoms with Gasteiger partial charge in [0.05, 0.1) is 6.10 Å². The van der Waals surface area contributed by atoms with Crippen LogP contribution in [0.1, 0.15) is 31.2 Å². The Labute approximate surface area is 125 Å². The molecule has 0 radical (unpaired) electrons. The third kappa shape index (κ3) is 4.59. The van der Waals surface area contributed by atoms with Crippen LogP contribution in [0.4, 0.5) is 0 Å². The summed E-state index contributed by atoms with van der Waals surface area (Å²) in [6.45, 7) is 2.16. The zero-order chi connectivity index (χ0) is 13.5. The number of methoxy groups -OCH3 is 1. The van der Waals surface area contributed by atoms with Crippen LogP contribution in [0.3, 0.4) is 0 Å². The lowest BCUT2D eigenvalue weighted by Gasteiger charge is -2.37. The zero-order valence-electron chi connectivity index (χ0n) is 11.7. The Morgan fingerprint density at radius 1 is 1.26 bits per heavy atom. The molecule has 0 aromatic heterocycles. The maximum absolute atomic E-state index is 5.56. The van der Waals surface area contributed by atoms with Crippen LogP contribution in [0.25, 0.3) is 0 Å². The molecule has 2 unspecified atom stereocenters. The minimum atomic E-state index is 0.451. The van der Waals surface area contributed by atoms with E-state index in [-0.39, 0.29) is 0 Å². The molecule has 1 aliphatic rings. The van der Waals surface area contributed by atoms with Crippen LogP contribution in [0.2, 0.25) is 0 Å². The molecule has 106 valence electrons. The molecule has 0 amide bonds. The van der Waals surface area contributed by atoms with Crippen LogP contribution in [-0.4, -0.2) is 36.0 Å². The number of halogens is 1. The van der Waals surface area contributed by atoms with Crippen molar-refractivity contribution in [1.82, 2.24) is 4.90 Å². The Balaban J connectivity index is 1.98. The van der Waals surface area contributed by atoms with Crippen molar-refractivity contribution in [3.05, 3.63) is 35.9 Å². The Hall–Kier alpha value is -0.380. The fraction of sp³-hybridized carbons (Fsp3) is 0.625. The lowest BCUT2D eigenvalue weighted by Crippen LogP contribution is -2.41. The average molecular weight is 326 g/mol. The van der Waals surface area contributed by atoms with E-state index in [0.717, 1.165) is 18.4 Å². The monoisotopic (exact) mass is 325 g/mol. The highest BCUT2D eigenvalue weighted by molar-refractivity contribution is 9.09. The minimum Gasteiger partial charge on any atom is -0.381 e. The van der Waals surface area contributed by atoms with Crippen LogP contribution >= 0.6 is 15.9 Å². The number of rotatable bonds is 6. The van der Waals surface area contributed by atoms with Gasteiger partial charge in [0.1, 0.15) is 0 Å². The first-order valence-corrected chi connectivity index (χ1v) is 8.32. The molecule has 2 rings (SSSR count). The van der Waals surface area contributed by atoms with Crippen molar-refractivity contribution < 1.29 is 4.74 Å². The molecule has 0 heterocycles. The lowest BCUT2D eigenvalue weighted by molar-refractivity contribution is 0.0274. The summed E-state index contributed by atoms with van der Waals surface area (Å²) in [7, 11) is 1.85. The smallest absolute Gasteiger partial charge is 0.0586 e. The van der Waals surface area contributed by atoms with E-state index >= 15 is 0 Å². The fourth-order valence-corrected chi connectivity index (χ4v) is 3.44. The van der Waals surface area contributed by atoms with Crippen LogP contribution in [-0.2, 0) is 11.3 Å². The third-order valence-corrected chi connectivity index (χ3v) is 4.40. The van der Waals surface area contributed by atoms with Crippen molar-refractivity contribution in [3.8, 4) is 0 Å². The van der Waals surface area contributed by atoms with Gasteiger partial charge in [0.15, 0.2) is 0 Å². The fourth-order valence-electron chi connectivity index (χ4n) is 2.98. The lowest BCUT2D eigenvalue weighted by atomic mass is 9.91. The summed E-state index contributed by atoms with van der Waals surface area (Å²) in [6, 6.07) is 11.4. The SMILES string of the molecule is COC1CCCC(N(CCBr)Cc2ccccc2)C1. The Kier molecular flexibility index (Phi) is 6.35. The highest BCUT2D eigenvalue weighted by Crippen LogP contribution is 2.26. The zero-order valence-corrected chi connectivity index (χ0v) is 13.3. The van der Waals surface area contributed by atoms with Gasteiger partial charge in [-0.3, -0.25) is 4.90 Å². The maximum atomic E-state index is 5.56. The number of benzene rings is 1. The molecule has 3 heteroatoms. The summed E-state index contributed by atoms with van der Waals surface area (Å²) in [6.07, 6.45) is 5.44. The molecule has 0 saturated heterocycles. The Morgan fingerprint density at radius 3 is 2.74 bits per heavy atom. The van der Waals surface area contributed by atoms with E-state index < -0.39 is 0 Å². The first-order chi connectivity index (χ1) is 9.33. The summed E-state index contributed by atoms with van der Waals surface area (Å²) in [5, 5.41) is 1.04. The summed E-state index contributed by atoms with van der Waals surface area (Å²) < 4.78 is 5.56. The van der Waals surface area contributed by atoms with Crippen LogP contribution < -0.4 is 0 Å². The predicted molar refractivity (Wildman–Crippen MR) is 83.7 cm³/mol. The molecule has 0 N–H and O–H groups in total. The van der Waals surface area contributed by atoms with E-state index in [9.17, 15) is 0 Å². The van der Waals surface area contributed by atoms with Gasteiger partial charge in [0, 0.05) is 31.6 Å². The predicted octanol–water partition coefficient (Wildman–Crippen LogP) is 3.84. The Bertz CT molecular complexity index is 357. The second-order valence-electron chi connectivity index (χ2n) is 5.32. The largest absolute Gasteiger partial charge is 0.381 e. The number of alkyl halides is 1. The minimum absolute atomic E-state index is 0.451. The van der Waals surface area contributed by atoms with Gasteiger partial charge >= 0.3 is 0 Å². The van der Waals surface area contributed by atoms with Crippen molar-refractivity contribution in [2.24, 2.45) is 0 Å². The number of hydrogen-bond acceptors (Lipinski definition) is 2. The molecule has 0 bridgehead atoms. The van der Waals surface area contributed by atoms with E-state index in [1.165, 1.54) is 31.2 Å². The summed E-state index contributed by atoms with van der Waals surface area (Å²) in [5.74, 6) is 0. The van der Waals surface area contributed by atoms with Crippen molar-refractivity contribution >= 4 is 15.9 Å². The summed E-state index contributed by atoms with van der Waals surface area (Å²) in [4.78, 5) is 2.61. The maximum Gasteiger partial charge on any atom is 0.0586 e. The molecular weight excluding hydrogens is 302 g/mol. The Morgan fingerprint density at radius 2 is 2.05 bits per heavy atom. The van der Waals surface area contributed by atoms with Gasteiger partial charge < -0.3 is 4.74 Å². The first-order valence-electron chi connectivity index (χ1n) is 7.20. The van der Waals surface area contributed by atoms with E-state index in [1.54, 1.807) is 0 Å². The molecule has 0 spiro atoms. The highest BCUT2D eigenvalue weighted by atomic mass is 79.9. The number of ether oxygens (including phenoxy) is 1. The topological polar surface area (TPSA) is 12.5 Å². The average Bonchev–Trinajstić information content (AvgIpc) is 2.48. The standard InChI is InChI=1S/C16H24BrNO/c1-19-16-9-5-8-15(12-16)18(11-10-17)13-14-6-3-2-4-7-14/h2-4,6-7,15-16H,5,8-13H2,1H3. The molecule has 1 aromatic carbocycles. The molecule has 19 heavy (non-hydrogen) atoms. The molecule has 2 atom stereocenters. The van der Waals surface area contributed by atoms with Gasteiger partial charge in [-0.25, -0.2) is 0 Å². The summed E-state index contributed by atoms with van der Waals surface area (Å²) in [5.41, 5.74) is 1.41. The van der Waals surface area contributed by atoms with E-state index in [0.29, 0.717) is 12.1 Å². The molecule has 2 nitrogen and oxygen atoms in total. The highest BCUT2D eigenvalue weighted by Gasteiger charge is 2.26. The second kappa shape index (κ2) is 8.03. The summed E-state index contributed by atoms with van der Waals surface area (Å²) >= 11 is 3.59. The van der Waals surface area contributed by atoms with Gasteiger partial charge in [-0.15, -0.1) is 0 Å². The van der Waals surface area contributed by atoms with E-state index in [4.69, 9.17) is 4.74 Å². The van der Waals surface area contributed by atoms with Crippen molar-refractivity contribution in [2.75, 3.05) is 19.0 Å². The van der Waals surface area contributed by atoms with Gasteiger partial charge in [-0.1, -0.05) is 46.3 Å². The van der Waals surface area contributed by atoms with Crippen LogP contribution in [0, 0.1) is 0 Å². The van der Waals surface area contributed by atoms with Gasteiger partial charge in [-0.2, -0.15) is 0 Å². The molecule has 1 fully saturated rings. The first kappa shape index (κ1) is 15.0. The van der Waals surface area contributed by atoms with Gasteiger partial charge in [0.2, 0.25) is 0 Å². The normalized spacial score (nSPS) is 23.7. The van der Waals surface area contributed by atoms with Crippen molar-refractivity contribution in [1.29, 1.82) is 0 Å². The van der Waals surface area contributed by atoms with Gasteiger partial charge in [0.25, 0.3) is 0 Å². The molecule has 0 aliphatic heterocycles. The van der Waals surface area contributed by atoms with Gasteiger partial charge in [-0.05, 0) is 31.2 Å². The van der Waals surface area contributed by atoms with E-state index in [2.05, 4.69) is 51.2 Å². The second-order valence-corrected chi connectivity index (χ2v) is 6.12. The molecule has 1 aromatic rings. The van der Waals surface area contributed by atoms with Crippen LogP contribution in [0.5, 0.6) is 0 Å². The van der Waals surface area contributed by atoms with Crippen LogP contribution in [0.15, 0.2) is 30.3 Å². The van der Waals surface area contributed by atoms with Crippen molar-refractivity contribution in [2.45, 2.75) is 44.4 Å². The van der Waals surface area contributed by atoms with E-state index in [1.807, 2.05) is 7.11 Å². The molecular formula is C16H24BrNO. The number of hydrogen-bond donors (Lipinski definition) is 0. The van der Waals surface area contributed by atoms with Crippen molar-refractivity contribution in [3.63, 3.8) is 0 Å².